The van der Waals surface area contributed by atoms with Gasteiger partial charge in [-0.05, 0) is 52.7 Å². The molecule has 2 aromatic rings. The molecule has 2 aromatic heterocycles. The summed E-state index contributed by atoms with van der Waals surface area (Å²) in [4.78, 5) is 35.6. The molecule has 1 aliphatic heterocycles. The first-order chi connectivity index (χ1) is 17.2. The Morgan fingerprint density at radius 2 is 2.14 bits per heavy atom. The third-order valence-corrected chi connectivity index (χ3v) is 5.85. The maximum Gasteiger partial charge on any atom is 0.341 e. The molecule has 1 unspecified atom stereocenters. The number of allylic oxidation sites excluding steroid dienone is 1. The monoisotopic (exact) mass is 494 g/mol. The lowest BCUT2D eigenvalue weighted by Gasteiger charge is -2.34. The summed E-state index contributed by atoms with van der Waals surface area (Å²) < 4.78 is 20.7. The molecule has 1 atom stereocenters. The molecule has 0 bridgehead atoms. The summed E-state index contributed by atoms with van der Waals surface area (Å²) in [5.74, 6) is -1.13. The van der Waals surface area contributed by atoms with Crippen LogP contribution in [-0.2, 0) is 14.3 Å². The lowest BCUT2D eigenvalue weighted by molar-refractivity contribution is -0.138. The van der Waals surface area contributed by atoms with Gasteiger partial charge in [-0.25, -0.2) is 14.2 Å². The van der Waals surface area contributed by atoms with Crippen molar-refractivity contribution in [3.63, 3.8) is 0 Å². The Bertz CT molecular complexity index is 1270. The van der Waals surface area contributed by atoms with E-state index < -0.39 is 11.8 Å². The summed E-state index contributed by atoms with van der Waals surface area (Å²) in [5, 5.41) is 12.3. The average molecular weight is 495 g/mol. The van der Waals surface area contributed by atoms with Crippen LogP contribution in [0.5, 0.6) is 0 Å². The van der Waals surface area contributed by atoms with Crippen molar-refractivity contribution in [2.75, 3.05) is 19.7 Å². The Labute approximate surface area is 210 Å². The Kier molecular flexibility index (Phi) is 8.95. The van der Waals surface area contributed by atoms with E-state index >= 15 is 0 Å². The minimum absolute atomic E-state index is 0.101. The fourth-order valence-corrected chi connectivity index (χ4v) is 4.07. The molecule has 190 valence electrons. The van der Waals surface area contributed by atoms with E-state index in [4.69, 9.17) is 10.00 Å². The van der Waals surface area contributed by atoms with Crippen LogP contribution in [0.15, 0.2) is 52.6 Å². The summed E-state index contributed by atoms with van der Waals surface area (Å²) in [6.07, 6.45) is 5.81. The number of nitrogens with one attached hydrogen (secondary N) is 1. The van der Waals surface area contributed by atoms with Gasteiger partial charge in [-0.2, -0.15) is 5.26 Å². The van der Waals surface area contributed by atoms with Crippen LogP contribution in [0.3, 0.4) is 0 Å². The van der Waals surface area contributed by atoms with Gasteiger partial charge in [0.05, 0.1) is 30.3 Å². The Morgan fingerprint density at radius 3 is 2.83 bits per heavy atom. The summed E-state index contributed by atoms with van der Waals surface area (Å²) in [7, 11) is 0. The first-order valence-electron chi connectivity index (χ1n) is 11.9. The molecule has 0 aromatic carbocycles. The van der Waals surface area contributed by atoms with Crippen LogP contribution in [0.1, 0.15) is 52.7 Å². The third kappa shape index (κ3) is 6.36. The number of fused-ring (bicyclic) bond motifs is 1. The summed E-state index contributed by atoms with van der Waals surface area (Å²) in [5.41, 5.74) is 3.38. The highest BCUT2D eigenvalue weighted by Crippen LogP contribution is 2.20. The van der Waals surface area contributed by atoms with Crippen molar-refractivity contribution in [1.29, 1.82) is 5.26 Å². The number of aromatic nitrogens is 2. The lowest BCUT2D eigenvalue weighted by atomic mass is 10.0. The molecule has 36 heavy (non-hydrogen) atoms. The van der Waals surface area contributed by atoms with E-state index in [1.807, 2.05) is 19.9 Å². The molecular formula is C26H31FN6O3. The summed E-state index contributed by atoms with van der Waals surface area (Å²) >= 11 is 0. The Balaban J connectivity index is 1.92. The van der Waals surface area contributed by atoms with Gasteiger partial charge < -0.3 is 15.0 Å². The second-order valence-electron chi connectivity index (χ2n) is 8.73. The largest absolute Gasteiger partial charge is 0.462 e. The molecule has 0 radical (unpaired) electrons. The Morgan fingerprint density at radius 1 is 1.36 bits per heavy atom. The highest BCUT2D eigenvalue weighted by molar-refractivity contribution is 5.99. The van der Waals surface area contributed by atoms with Crippen LogP contribution >= 0.6 is 0 Å². The van der Waals surface area contributed by atoms with Gasteiger partial charge in [0.15, 0.2) is 0 Å². The van der Waals surface area contributed by atoms with Crippen molar-refractivity contribution < 1.29 is 18.7 Å². The topological polar surface area (TPSA) is 112 Å². The molecule has 3 rings (SSSR count). The number of halogens is 1. The van der Waals surface area contributed by atoms with Crippen molar-refractivity contribution in [2.45, 2.75) is 53.0 Å². The number of imidazole rings is 1. The van der Waals surface area contributed by atoms with Gasteiger partial charge in [0.1, 0.15) is 23.5 Å². The second kappa shape index (κ2) is 12.1. The molecule has 9 nitrogen and oxygen atoms in total. The number of amides is 1. The maximum atomic E-state index is 13.8. The van der Waals surface area contributed by atoms with Crippen LogP contribution in [0.4, 0.5) is 4.39 Å². The van der Waals surface area contributed by atoms with Crippen molar-refractivity contribution in [2.24, 2.45) is 4.99 Å². The van der Waals surface area contributed by atoms with Gasteiger partial charge >= 0.3 is 5.97 Å². The number of aliphatic imine (C=N–C) groups is 1. The maximum absolute atomic E-state index is 13.8. The van der Waals surface area contributed by atoms with E-state index in [2.05, 4.69) is 15.3 Å². The van der Waals surface area contributed by atoms with E-state index in [1.165, 1.54) is 18.5 Å². The zero-order chi connectivity index (χ0) is 26.2. The number of rotatable bonds is 8. The van der Waals surface area contributed by atoms with Crippen molar-refractivity contribution in [3.8, 4) is 6.07 Å². The molecule has 3 heterocycles. The molecule has 1 aliphatic rings. The fourth-order valence-electron chi connectivity index (χ4n) is 4.07. The van der Waals surface area contributed by atoms with E-state index in [0.717, 1.165) is 18.4 Å². The second-order valence-corrected chi connectivity index (χ2v) is 8.73. The number of likely N-dealkylation sites (tertiary alicyclic amines) is 1. The Hall–Kier alpha value is -4.00. The highest BCUT2D eigenvalue weighted by atomic mass is 19.1. The molecule has 10 heteroatoms. The number of carbonyl (C=O) groups excluding carboxylic acids is 2. The van der Waals surface area contributed by atoms with E-state index in [-0.39, 0.29) is 30.5 Å². The van der Waals surface area contributed by atoms with Gasteiger partial charge in [0.25, 0.3) is 0 Å². The van der Waals surface area contributed by atoms with E-state index in [0.29, 0.717) is 35.8 Å². The SMILES string of the molecule is CCOC(=O)/C(=C/N=C(C)c1cnc2ccc(F)cn12)C(NC1CCCN(C(=O)CC#N)C1)=C(C)C. The van der Waals surface area contributed by atoms with Crippen LogP contribution in [0.2, 0.25) is 0 Å². The van der Waals surface area contributed by atoms with E-state index in [9.17, 15) is 14.0 Å². The average Bonchev–Trinajstić information content (AvgIpc) is 3.27. The normalized spacial score (nSPS) is 16.4. The van der Waals surface area contributed by atoms with Gasteiger partial charge in [-0.1, -0.05) is 5.57 Å². The smallest absolute Gasteiger partial charge is 0.341 e. The highest BCUT2D eigenvalue weighted by Gasteiger charge is 2.26. The molecule has 0 aliphatic carbocycles. The van der Waals surface area contributed by atoms with Gasteiger partial charge in [0.2, 0.25) is 5.91 Å². The molecule has 1 amide bonds. The number of piperidine rings is 1. The number of pyridine rings is 1. The van der Waals surface area contributed by atoms with Crippen LogP contribution in [-0.4, -0.2) is 57.6 Å². The first-order valence-corrected chi connectivity index (χ1v) is 11.9. The van der Waals surface area contributed by atoms with Crippen LogP contribution < -0.4 is 5.32 Å². The minimum atomic E-state index is -0.532. The third-order valence-electron chi connectivity index (χ3n) is 5.85. The van der Waals surface area contributed by atoms with Crippen LogP contribution in [0, 0.1) is 17.1 Å². The zero-order valence-electron chi connectivity index (χ0n) is 21.0. The number of esters is 1. The van der Waals surface area contributed by atoms with Gasteiger partial charge in [0, 0.05) is 37.2 Å². The van der Waals surface area contributed by atoms with Crippen LogP contribution in [0.25, 0.3) is 5.65 Å². The molecule has 1 N–H and O–H groups in total. The summed E-state index contributed by atoms with van der Waals surface area (Å²) in [6.45, 7) is 8.47. The number of carbonyl (C=O) groups is 2. The first kappa shape index (κ1) is 26.6. The molecule has 0 saturated carbocycles. The van der Waals surface area contributed by atoms with Crippen molar-refractivity contribution in [1.82, 2.24) is 19.6 Å². The standard InChI is InChI=1S/C26H31FN6O3/c1-5-36-26(35)21(13-29-18(4)22-14-30-23-9-8-19(27)15-33(22)23)25(17(2)3)31-20-7-6-12-32(16-20)24(34)10-11-28/h8-9,13-15,20,31H,5-7,10,12,16H2,1-4H3/b21-13+,29-18?. The number of nitriles is 1. The fraction of sp³-hybridized carbons (Fsp3) is 0.423. The molecular weight excluding hydrogens is 463 g/mol. The van der Waals surface area contributed by atoms with Crippen molar-refractivity contribution in [3.05, 3.63) is 59.1 Å². The quantitative estimate of drug-likeness (QED) is 0.260. The van der Waals surface area contributed by atoms with Gasteiger partial charge in [-0.15, -0.1) is 0 Å². The molecule has 1 saturated heterocycles. The number of hydrogen-bond acceptors (Lipinski definition) is 7. The lowest BCUT2D eigenvalue weighted by Crippen LogP contribution is -2.48. The number of ether oxygens (including phenoxy) is 1. The van der Waals surface area contributed by atoms with Gasteiger partial charge in [-0.3, -0.25) is 14.2 Å². The van der Waals surface area contributed by atoms with Crippen molar-refractivity contribution >= 4 is 23.2 Å². The predicted molar refractivity (Wildman–Crippen MR) is 133 cm³/mol. The van der Waals surface area contributed by atoms with E-state index in [1.54, 1.807) is 35.4 Å². The zero-order valence-corrected chi connectivity index (χ0v) is 21.0. The molecule has 0 spiro atoms. The number of nitrogens with zero attached hydrogens (tertiary/aromatic N) is 5. The minimum Gasteiger partial charge on any atom is -0.462 e. The summed E-state index contributed by atoms with van der Waals surface area (Å²) in [6, 6.07) is 4.72. The molecule has 1 fully saturated rings. The number of hydrogen-bond donors (Lipinski definition) is 1. The predicted octanol–water partition coefficient (Wildman–Crippen LogP) is 3.52.